The highest BCUT2D eigenvalue weighted by atomic mass is 127. The van der Waals surface area contributed by atoms with Crippen LogP contribution in [0.1, 0.15) is 10.4 Å². The van der Waals surface area contributed by atoms with Crippen molar-refractivity contribution >= 4 is 50.4 Å². The highest BCUT2D eigenvalue weighted by molar-refractivity contribution is 14.1. The third-order valence-electron chi connectivity index (χ3n) is 2.10. The molecule has 0 aliphatic heterocycles. The molecule has 92 valence electrons. The minimum absolute atomic E-state index is 0.0576. The lowest BCUT2D eigenvalue weighted by Crippen LogP contribution is -2.33. The number of methoxy groups -OCH3 is 1. The molecule has 1 rings (SSSR count). The number of likely N-dealkylation sites (N-methyl/N-ethyl adjacent to an activating group) is 1. The van der Waals surface area contributed by atoms with E-state index in [1.165, 1.54) is 12.0 Å². The van der Waals surface area contributed by atoms with Gasteiger partial charge in [-0.25, -0.2) is 0 Å². The Bertz CT molecular complexity index is 450. The predicted molar refractivity (Wildman–Crippen MR) is 75.8 cm³/mol. The lowest BCUT2D eigenvalue weighted by Gasteiger charge is -2.16. The van der Waals surface area contributed by atoms with Crippen LogP contribution in [0.25, 0.3) is 0 Å². The van der Waals surface area contributed by atoms with Gasteiger partial charge >= 0.3 is 5.97 Å². The zero-order valence-corrected chi connectivity index (χ0v) is 13.1. The van der Waals surface area contributed by atoms with Gasteiger partial charge in [0.2, 0.25) is 0 Å². The van der Waals surface area contributed by atoms with Gasteiger partial charge < -0.3 is 9.64 Å². The summed E-state index contributed by atoms with van der Waals surface area (Å²) in [5, 5.41) is 0. The molecule has 0 radical (unpaired) electrons. The van der Waals surface area contributed by atoms with E-state index in [9.17, 15) is 9.59 Å². The van der Waals surface area contributed by atoms with Gasteiger partial charge in [0.05, 0.1) is 12.7 Å². The Hall–Kier alpha value is -0.630. The monoisotopic (exact) mass is 411 g/mol. The first kappa shape index (κ1) is 14.4. The van der Waals surface area contributed by atoms with E-state index >= 15 is 0 Å². The standard InChI is InChI=1S/C11H11BrINO3/c1-14(6-10(15)17-2)11(16)8-5-7(12)3-4-9(8)13/h3-5H,6H2,1-2H3. The van der Waals surface area contributed by atoms with Gasteiger partial charge in [0.1, 0.15) is 6.54 Å². The molecule has 1 aromatic rings. The minimum Gasteiger partial charge on any atom is -0.468 e. The fraction of sp³-hybridized carbons (Fsp3) is 0.273. The number of nitrogens with zero attached hydrogens (tertiary/aromatic N) is 1. The Morgan fingerprint density at radius 2 is 2.12 bits per heavy atom. The van der Waals surface area contributed by atoms with Crippen molar-refractivity contribution < 1.29 is 14.3 Å². The van der Waals surface area contributed by atoms with Crippen molar-refractivity contribution in [1.82, 2.24) is 4.90 Å². The van der Waals surface area contributed by atoms with Crippen LogP contribution in [0.4, 0.5) is 0 Å². The Labute approximate surface area is 122 Å². The molecule has 0 spiro atoms. The van der Waals surface area contributed by atoms with Gasteiger partial charge in [-0.05, 0) is 40.8 Å². The van der Waals surface area contributed by atoms with E-state index in [4.69, 9.17) is 0 Å². The van der Waals surface area contributed by atoms with E-state index in [-0.39, 0.29) is 12.5 Å². The summed E-state index contributed by atoms with van der Waals surface area (Å²) in [6.07, 6.45) is 0. The van der Waals surface area contributed by atoms with Gasteiger partial charge in [0, 0.05) is 15.1 Å². The first-order chi connectivity index (χ1) is 7.95. The molecule has 0 aromatic heterocycles. The van der Waals surface area contributed by atoms with E-state index in [1.807, 2.05) is 12.1 Å². The highest BCUT2D eigenvalue weighted by Crippen LogP contribution is 2.19. The summed E-state index contributed by atoms with van der Waals surface area (Å²) in [5.41, 5.74) is 0.561. The lowest BCUT2D eigenvalue weighted by molar-refractivity contribution is -0.141. The molecule has 0 unspecified atom stereocenters. The van der Waals surface area contributed by atoms with Crippen LogP contribution in [-0.2, 0) is 9.53 Å². The fourth-order valence-corrected chi connectivity index (χ4v) is 2.12. The zero-order valence-electron chi connectivity index (χ0n) is 9.37. The third kappa shape index (κ3) is 3.95. The molecule has 6 heteroatoms. The van der Waals surface area contributed by atoms with Gasteiger partial charge in [0.25, 0.3) is 5.91 Å². The average molecular weight is 412 g/mol. The molecule has 17 heavy (non-hydrogen) atoms. The Kier molecular flexibility index (Phi) is 5.38. The second-order valence-electron chi connectivity index (χ2n) is 3.36. The molecule has 0 bridgehead atoms. The summed E-state index contributed by atoms with van der Waals surface area (Å²) in [7, 11) is 2.86. The van der Waals surface area contributed by atoms with Crippen molar-refractivity contribution in [2.45, 2.75) is 0 Å². The first-order valence-electron chi connectivity index (χ1n) is 4.73. The first-order valence-corrected chi connectivity index (χ1v) is 6.60. The largest absolute Gasteiger partial charge is 0.468 e. The predicted octanol–water partition coefficient (Wildman–Crippen LogP) is 2.30. The van der Waals surface area contributed by atoms with Crippen molar-refractivity contribution in [1.29, 1.82) is 0 Å². The molecule has 1 amide bonds. The minimum atomic E-state index is -0.439. The van der Waals surface area contributed by atoms with Crippen molar-refractivity contribution in [2.24, 2.45) is 0 Å². The van der Waals surface area contributed by atoms with Crippen LogP contribution in [-0.4, -0.2) is 37.5 Å². The van der Waals surface area contributed by atoms with E-state index in [0.717, 1.165) is 8.04 Å². The third-order valence-corrected chi connectivity index (χ3v) is 3.53. The van der Waals surface area contributed by atoms with Crippen LogP contribution in [0.3, 0.4) is 0 Å². The van der Waals surface area contributed by atoms with Gasteiger partial charge in [-0.3, -0.25) is 9.59 Å². The second-order valence-corrected chi connectivity index (χ2v) is 5.44. The topological polar surface area (TPSA) is 46.6 Å². The Balaban J connectivity index is 2.88. The van der Waals surface area contributed by atoms with Gasteiger partial charge in [-0.2, -0.15) is 0 Å². The van der Waals surface area contributed by atoms with E-state index in [0.29, 0.717) is 5.56 Å². The Morgan fingerprint density at radius 3 is 2.71 bits per heavy atom. The number of benzene rings is 1. The van der Waals surface area contributed by atoms with E-state index in [1.54, 1.807) is 13.1 Å². The molecule has 0 saturated heterocycles. The summed E-state index contributed by atoms with van der Waals surface area (Å²) in [6.45, 7) is -0.0576. The highest BCUT2D eigenvalue weighted by Gasteiger charge is 2.17. The SMILES string of the molecule is COC(=O)CN(C)C(=O)c1cc(Br)ccc1I. The number of carbonyl (C=O) groups excluding carboxylic acids is 2. The van der Waals surface area contributed by atoms with E-state index < -0.39 is 5.97 Å². The van der Waals surface area contributed by atoms with Crippen LogP contribution in [0, 0.1) is 3.57 Å². The zero-order chi connectivity index (χ0) is 13.0. The molecule has 0 aliphatic rings. The average Bonchev–Trinajstić information content (AvgIpc) is 2.31. The van der Waals surface area contributed by atoms with Crippen LogP contribution < -0.4 is 0 Å². The molecule has 1 aromatic carbocycles. The van der Waals surface area contributed by atoms with Crippen molar-refractivity contribution in [3.63, 3.8) is 0 Å². The summed E-state index contributed by atoms with van der Waals surface area (Å²) < 4.78 is 6.18. The number of amides is 1. The number of rotatable bonds is 3. The summed E-state index contributed by atoms with van der Waals surface area (Å²) >= 11 is 5.40. The molecular weight excluding hydrogens is 401 g/mol. The summed E-state index contributed by atoms with van der Waals surface area (Å²) in [5.74, 6) is -0.646. The normalized spacial score (nSPS) is 9.88. The fourth-order valence-electron chi connectivity index (χ4n) is 1.20. The van der Waals surface area contributed by atoms with Crippen molar-refractivity contribution in [3.05, 3.63) is 31.8 Å². The molecular formula is C11H11BrINO3. The smallest absolute Gasteiger partial charge is 0.325 e. The maximum atomic E-state index is 12.1. The van der Waals surface area contributed by atoms with Crippen LogP contribution in [0.15, 0.2) is 22.7 Å². The van der Waals surface area contributed by atoms with Crippen LogP contribution >= 0.6 is 38.5 Å². The number of hydrogen-bond acceptors (Lipinski definition) is 3. The quantitative estimate of drug-likeness (QED) is 0.566. The lowest BCUT2D eigenvalue weighted by atomic mass is 10.2. The number of esters is 1. The Morgan fingerprint density at radius 1 is 1.47 bits per heavy atom. The number of carbonyl (C=O) groups is 2. The van der Waals surface area contributed by atoms with Gasteiger partial charge in [-0.1, -0.05) is 15.9 Å². The van der Waals surface area contributed by atoms with Crippen LogP contribution in [0.2, 0.25) is 0 Å². The van der Waals surface area contributed by atoms with Crippen molar-refractivity contribution in [3.8, 4) is 0 Å². The molecule has 0 saturated carbocycles. The molecule has 0 heterocycles. The van der Waals surface area contributed by atoms with Gasteiger partial charge in [0.15, 0.2) is 0 Å². The summed E-state index contributed by atoms with van der Waals surface area (Å²) in [4.78, 5) is 24.5. The molecule has 4 nitrogen and oxygen atoms in total. The summed E-state index contributed by atoms with van der Waals surface area (Å²) in [6, 6.07) is 5.43. The number of halogens is 2. The number of ether oxygens (including phenoxy) is 1. The molecule has 0 atom stereocenters. The van der Waals surface area contributed by atoms with Crippen molar-refractivity contribution in [2.75, 3.05) is 20.7 Å². The molecule has 0 fully saturated rings. The maximum Gasteiger partial charge on any atom is 0.325 e. The molecule has 0 N–H and O–H groups in total. The van der Waals surface area contributed by atoms with E-state index in [2.05, 4.69) is 43.3 Å². The molecule has 0 aliphatic carbocycles. The second kappa shape index (κ2) is 6.34. The van der Waals surface area contributed by atoms with Crippen LogP contribution in [0.5, 0.6) is 0 Å². The van der Waals surface area contributed by atoms with Gasteiger partial charge in [-0.15, -0.1) is 0 Å². The number of hydrogen-bond donors (Lipinski definition) is 0. The maximum absolute atomic E-state index is 12.1.